The van der Waals surface area contributed by atoms with Crippen LogP contribution in [0.5, 0.6) is 0 Å². The number of imidazole rings is 1. The molecule has 1 saturated heterocycles. The Morgan fingerprint density at radius 3 is 2.76 bits per heavy atom. The van der Waals surface area contributed by atoms with Gasteiger partial charge in [-0.05, 0) is 33.3 Å². The number of hydrogen-bond acceptors (Lipinski definition) is 4. The summed E-state index contributed by atoms with van der Waals surface area (Å²) in [6.45, 7) is 6.28. The van der Waals surface area contributed by atoms with E-state index in [1.165, 1.54) is 0 Å². The van der Waals surface area contributed by atoms with Crippen molar-refractivity contribution in [1.82, 2.24) is 24.6 Å². The van der Waals surface area contributed by atoms with E-state index in [9.17, 15) is 9.59 Å². The molecule has 8 nitrogen and oxygen atoms in total. The van der Waals surface area contributed by atoms with Crippen LogP contribution in [0.25, 0.3) is 0 Å². The molecule has 2 aromatic heterocycles. The van der Waals surface area contributed by atoms with Crippen LogP contribution in [0.1, 0.15) is 42.9 Å². The van der Waals surface area contributed by atoms with Gasteiger partial charge in [-0.25, -0.2) is 4.98 Å². The quantitative estimate of drug-likeness (QED) is 0.882. The first kappa shape index (κ1) is 17.2. The van der Waals surface area contributed by atoms with E-state index >= 15 is 0 Å². The van der Waals surface area contributed by atoms with Crippen LogP contribution in [0.2, 0.25) is 0 Å². The summed E-state index contributed by atoms with van der Waals surface area (Å²) < 4.78 is 1.73. The lowest BCUT2D eigenvalue weighted by Crippen LogP contribution is -2.47. The second-order valence-electron chi connectivity index (χ2n) is 6.43. The van der Waals surface area contributed by atoms with Crippen LogP contribution in [-0.2, 0) is 16.6 Å². The van der Waals surface area contributed by atoms with E-state index in [0.717, 1.165) is 17.1 Å². The smallest absolute Gasteiger partial charge is 0.232 e. The predicted octanol–water partition coefficient (Wildman–Crippen LogP) is 1.70. The number of likely N-dealkylation sites (tertiary alicyclic amines) is 1. The van der Waals surface area contributed by atoms with Gasteiger partial charge in [0.25, 0.3) is 0 Å². The van der Waals surface area contributed by atoms with Crippen LogP contribution >= 0.6 is 0 Å². The molecule has 0 spiro atoms. The molecular formula is C17H24N6O2. The molecule has 0 bridgehead atoms. The number of anilines is 1. The van der Waals surface area contributed by atoms with Gasteiger partial charge in [-0.1, -0.05) is 0 Å². The minimum Gasteiger partial charge on any atom is -0.334 e. The van der Waals surface area contributed by atoms with Crippen LogP contribution in [-0.4, -0.2) is 43.0 Å². The lowest BCUT2D eigenvalue weighted by molar-refractivity contribution is -0.142. The molecule has 1 aliphatic rings. The highest BCUT2D eigenvalue weighted by Gasteiger charge is 2.41. The van der Waals surface area contributed by atoms with Crippen LogP contribution < -0.4 is 5.32 Å². The third kappa shape index (κ3) is 3.16. The number of nitrogens with zero attached hydrogens (tertiary/aromatic N) is 4. The Morgan fingerprint density at radius 2 is 2.20 bits per heavy atom. The van der Waals surface area contributed by atoms with Crippen molar-refractivity contribution in [2.45, 2.75) is 39.7 Å². The molecule has 25 heavy (non-hydrogen) atoms. The first-order chi connectivity index (χ1) is 11.9. The Kier molecular flexibility index (Phi) is 4.61. The molecule has 2 N–H and O–H groups in total. The Hall–Kier alpha value is -2.64. The Bertz CT molecular complexity index is 773. The Morgan fingerprint density at radius 1 is 1.44 bits per heavy atom. The summed E-state index contributed by atoms with van der Waals surface area (Å²) in [5.41, 5.74) is 2.64. The Labute approximate surface area is 146 Å². The fraction of sp³-hybridized carbons (Fsp3) is 0.529. The van der Waals surface area contributed by atoms with Gasteiger partial charge in [0.15, 0.2) is 0 Å². The number of aryl methyl sites for hydroxylation is 3. The van der Waals surface area contributed by atoms with Gasteiger partial charge in [-0.2, -0.15) is 5.10 Å². The molecule has 0 radical (unpaired) electrons. The van der Waals surface area contributed by atoms with E-state index in [1.807, 2.05) is 33.9 Å². The lowest BCUT2D eigenvalue weighted by atomic mass is 9.85. The zero-order valence-electron chi connectivity index (χ0n) is 15.0. The summed E-state index contributed by atoms with van der Waals surface area (Å²) in [6.07, 6.45) is 2.57. The molecule has 0 saturated carbocycles. The van der Waals surface area contributed by atoms with E-state index in [4.69, 9.17) is 0 Å². The number of H-pyrrole nitrogens is 1. The highest BCUT2D eigenvalue weighted by atomic mass is 16.2. The van der Waals surface area contributed by atoms with Crippen molar-refractivity contribution in [3.63, 3.8) is 0 Å². The number of hydrogen-bond donors (Lipinski definition) is 2. The summed E-state index contributed by atoms with van der Waals surface area (Å²) in [7, 11) is 1.83. The fourth-order valence-electron chi connectivity index (χ4n) is 3.46. The van der Waals surface area contributed by atoms with Gasteiger partial charge in [-0.3, -0.25) is 19.6 Å². The monoisotopic (exact) mass is 344 g/mol. The van der Waals surface area contributed by atoms with Crippen LogP contribution in [0, 0.1) is 19.8 Å². The van der Waals surface area contributed by atoms with E-state index in [2.05, 4.69) is 20.4 Å². The third-order valence-electron chi connectivity index (χ3n) is 4.92. The topological polar surface area (TPSA) is 95.9 Å². The zero-order valence-corrected chi connectivity index (χ0v) is 15.0. The van der Waals surface area contributed by atoms with E-state index in [0.29, 0.717) is 25.3 Å². The number of aromatic amines is 1. The average molecular weight is 344 g/mol. The SMILES string of the molecule is CCN1C(=O)CC[C@H](C(=O)Nc2nc(C)c(C)[nH]2)[C@H]1c1ccnn1C. The number of nitrogens with one attached hydrogen (secondary N) is 2. The molecule has 2 amide bonds. The third-order valence-corrected chi connectivity index (χ3v) is 4.92. The summed E-state index contributed by atoms with van der Waals surface area (Å²) in [6, 6.07) is 1.55. The molecule has 1 aliphatic heterocycles. The molecule has 8 heteroatoms. The molecule has 3 rings (SSSR count). The maximum absolute atomic E-state index is 12.9. The lowest BCUT2D eigenvalue weighted by Gasteiger charge is -2.39. The second-order valence-corrected chi connectivity index (χ2v) is 6.43. The molecule has 0 unspecified atom stereocenters. The van der Waals surface area contributed by atoms with Crippen molar-refractivity contribution in [2.24, 2.45) is 13.0 Å². The van der Waals surface area contributed by atoms with Crippen LogP contribution in [0.3, 0.4) is 0 Å². The van der Waals surface area contributed by atoms with Gasteiger partial charge in [0.05, 0.1) is 23.3 Å². The van der Waals surface area contributed by atoms with E-state index < -0.39 is 0 Å². The first-order valence-electron chi connectivity index (χ1n) is 8.53. The highest BCUT2D eigenvalue weighted by Crippen LogP contribution is 2.36. The molecular weight excluding hydrogens is 320 g/mol. The van der Waals surface area contributed by atoms with E-state index in [1.54, 1.807) is 15.8 Å². The number of amides is 2. The minimum atomic E-state index is -0.348. The van der Waals surface area contributed by atoms with Gasteiger partial charge < -0.3 is 9.88 Å². The van der Waals surface area contributed by atoms with Crippen molar-refractivity contribution in [2.75, 3.05) is 11.9 Å². The van der Waals surface area contributed by atoms with Gasteiger partial charge in [-0.15, -0.1) is 0 Å². The van der Waals surface area contributed by atoms with Crippen LogP contribution in [0.4, 0.5) is 5.95 Å². The Balaban J connectivity index is 1.90. The maximum Gasteiger partial charge on any atom is 0.232 e. The summed E-state index contributed by atoms with van der Waals surface area (Å²) in [4.78, 5) is 34.5. The molecule has 0 aliphatic carbocycles. The van der Waals surface area contributed by atoms with Gasteiger partial charge in [0.1, 0.15) is 0 Å². The van der Waals surface area contributed by atoms with Crippen LogP contribution in [0.15, 0.2) is 12.3 Å². The van der Waals surface area contributed by atoms with Gasteiger partial charge in [0.2, 0.25) is 17.8 Å². The molecule has 3 heterocycles. The zero-order chi connectivity index (χ0) is 18.1. The summed E-state index contributed by atoms with van der Waals surface area (Å²) >= 11 is 0. The summed E-state index contributed by atoms with van der Waals surface area (Å²) in [5.74, 6) is 0.0378. The normalized spacial score (nSPS) is 20.8. The maximum atomic E-state index is 12.9. The average Bonchev–Trinajstić information content (AvgIpc) is 3.12. The minimum absolute atomic E-state index is 0.0717. The molecule has 2 aromatic rings. The predicted molar refractivity (Wildman–Crippen MR) is 92.8 cm³/mol. The number of rotatable bonds is 4. The molecule has 1 fully saturated rings. The highest BCUT2D eigenvalue weighted by molar-refractivity contribution is 5.93. The van der Waals surface area contributed by atoms with Gasteiger partial charge >= 0.3 is 0 Å². The fourth-order valence-corrected chi connectivity index (χ4v) is 3.46. The molecule has 134 valence electrons. The van der Waals surface area contributed by atoms with Crippen molar-refractivity contribution in [3.8, 4) is 0 Å². The largest absolute Gasteiger partial charge is 0.334 e. The number of aromatic nitrogens is 4. The second kappa shape index (κ2) is 6.70. The summed E-state index contributed by atoms with van der Waals surface area (Å²) in [5, 5.41) is 7.08. The first-order valence-corrected chi connectivity index (χ1v) is 8.53. The number of piperidine rings is 1. The number of carbonyl (C=O) groups is 2. The van der Waals surface area contributed by atoms with Gasteiger partial charge in [0, 0.05) is 31.9 Å². The van der Waals surface area contributed by atoms with Crippen molar-refractivity contribution in [3.05, 3.63) is 29.3 Å². The van der Waals surface area contributed by atoms with E-state index in [-0.39, 0.29) is 23.8 Å². The number of carbonyl (C=O) groups excluding carboxylic acids is 2. The molecule has 0 aromatic carbocycles. The molecule has 2 atom stereocenters. The van der Waals surface area contributed by atoms with Crippen molar-refractivity contribution >= 4 is 17.8 Å². The van der Waals surface area contributed by atoms with Crippen molar-refractivity contribution < 1.29 is 9.59 Å². The van der Waals surface area contributed by atoms with Crippen molar-refractivity contribution in [1.29, 1.82) is 0 Å². The standard InChI is InChI=1S/C17H24N6O2/c1-5-23-14(24)7-6-12(15(23)13-8-9-18-22(13)4)16(25)21-17-19-10(2)11(3)20-17/h8-9,12,15H,5-7H2,1-4H3,(H2,19,20,21,25)/t12-,15-/m0/s1.